The van der Waals surface area contributed by atoms with Crippen LogP contribution in [0.2, 0.25) is 0 Å². The Hall–Kier alpha value is -8.06. The number of nitriles is 2. The van der Waals surface area contributed by atoms with Gasteiger partial charge in [0.2, 0.25) is 0 Å². The molecule has 6 nitrogen and oxygen atoms in total. The lowest BCUT2D eigenvalue weighted by atomic mass is 9.96. The van der Waals surface area contributed by atoms with E-state index in [0.717, 1.165) is 99.1 Å². The van der Waals surface area contributed by atoms with Crippen molar-refractivity contribution < 1.29 is 0 Å². The monoisotopic (exact) mass is 754 g/mol. The molecule has 0 aliphatic rings. The van der Waals surface area contributed by atoms with Crippen molar-refractivity contribution in [3.05, 3.63) is 168 Å². The molecule has 0 fully saturated rings. The number of fused-ring (bicyclic) bond motifs is 14. The molecule has 0 bridgehead atoms. The summed E-state index contributed by atoms with van der Waals surface area (Å²) in [6.45, 7) is 2.04. The minimum absolute atomic E-state index is 0.547. The summed E-state index contributed by atoms with van der Waals surface area (Å²) in [6, 6.07) is 58.6. The second kappa shape index (κ2) is 12.0. The maximum atomic E-state index is 11.4. The molecule has 4 aromatic heterocycles. The number of nitrogens with zero attached hydrogens (tertiary/aromatic N) is 6. The molecule has 4 heterocycles. The highest BCUT2D eigenvalue weighted by atomic mass is 15.1. The van der Waals surface area contributed by atoms with Crippen LogP contribution in [0, 0.1) is 29.6 Å². The SMILES string of the molecule is Cc1cc(C#N)cc(-c2cc(-n3c4ccccc4c4ccc5c6ccccc6n(C)c5c43)c(C#N)cc2-n2c3ccccc3c3ccc4c5ccccc5n(C)c4c32)c1. The van der Waals surface area contributed by atoms with Gasteiger partial charge in [0, 0.05) is 73.8 Å². The van der Waals surface area contributed by atoms with Gasteiger partial charge in [0.15, 0.2) is 0 Å². The van der Waals surface area contributed by atoms with Gasteiger partial charge in [0.1, 0.15) is 6.07 Å². The van der Waals surface area contributed by atoms with Crippen LogP contribution in [0.15, 0.2) is 152 Å². The van der Waals surface area contributed by atoms with Crippen molar-refractivity contribution in [2.45, 2.75) is 6.92 Å². The lowest BCUT2D eigenvalue weighted by molar-refractivity contribution is 1.01. The van der Waals surface area contributed by atoms with Gasteiger partial charge < -0.3 is 18.3 Å². The van der Waals surface area contributed by atoms with E-state index in [0.29, 0.717) is 11.1 Å². The molecule has 12 rings (SSSR count). The molecule has 0 saturated heterocycles. The standard InChI is InChI=1S/C53H34N6/c1-31-24-32(29-54)26-33(25-31)43-28-48(58-46-18-10-6-14-37(46)41-22-20-39-35-12-4-8-16-44(35)56(2)50(39)52(41)58)34(30-55)27-49(43)59-47-19-11-7-15-38(47)42-23-21-40-36-13-5-9-17-45(36)57(3)51(40)53(42)59/h4-28H,1-3H3. The number of aromatic nitrogens is 4. The second-order valence-electron chi connectivity index (χ2n) is 15.8. The highest BCUT2D eigenvalue weighted by Gasteiger charge is 2.26. The number of benzene rings is 8. The van der Waals surface area contributed by atoms with Crippen molar-refractivity contribution >= 4 is 87.2 Å². The normalized spacial score (nSPS) is 11.9. The van der Waals surface area contributed by atoms with Gasteiger partial charge in [-0.1, -0.05) is 103 Å². The van der Waals surface area contributed by atoms with Crippen molar-refractivity contribution in [2.24, 2.45) is 14.1 Å². The molecule has 59 heavy (non-hydrogen) atoms. The molecule has 0 atom stereocenters. The first kappa shape index (κ1) is 33.1. The second-order valence-corrected chi connectivity index (χ2v) is 15.8. The van der Waals surface area contributed by atoms with Crippen LogP contribution >= 0.6 is 0 Å². The molecule has 6 heteroatoms. The van der Waals surface area contributed by atoms with Gasteiger partial charge in [-0.2, -0.15) is 10.5 Å². The van der Waals surface area contributed by atoms with Crippen LogP contribution in [-0.4, -0.2) is 18.3 Å². The zero-order valence-electron chi connectivity index (χ0n) is 32.6. The maximum Gasteiger partial charge on any atom is 0.101 e. The molecule has 0 unspecified atom stereocenters. The van der Waals surface area contributed by atoms with Gasteiger partial charge in [-0.15, -0.1) is 0 Å². The summed E-state index contributed by atoms with van der Waals surface area (Å²) in [7, 11) is 4.28. The first-order valence-electron chi connectivity index (χ1n) is 19.8. The summed E-state index contributed by atoms with van der Waals surface area (Å²) in [5, 5.41) is 30.9. The van der Waals surface area contributed by atoms with Crippen molar-refractivity contribution in [1.82, 2.24) is 18.3 Å². The Labute approximate surface area is 338 Å². The molecule has 0 radical (unpaired) electrons. The third kappa shape index (κ3) is 4.38. The first-order valence-corrected chi connectivity index (χ1v) is 19.8. The summed E-state index contributed by atoms with van der Waals surface area (Å²) in [5.41, 5.74) is 14.3. The lowest BCUT2D eigenvalue weighted by Gasteiger charge is -2.20. The van der Waals surface area contributed by atoms with Gasteiger partial charge in [0.25, 0.3) is 0 Å². The summed E-state index contributed by atoms with van der Waals surface area (Å²) < 4.78 is 9.24. The molecule has 0 aliphatic carbocycles. The molecular formula is C53H34N6. The van der Waals surface area contributed by atoms with Gasteiger partial charge in [-0.05, 0) is 66.6 Å². The fourth-order valence-electron chi connectivity index (χ4n) is 10.2. The highest BCUT2D eigenvalue weighted by molar-refractivity contribution is 6.25. The zero-order valence-corrected chi connectivity index (χ0v) is 32.6. The minimum Gasteiger partial charge on any atom is -0.342 e. The topological polar surface area (TPSA) is 67.3 Å². The van der Waals surface area contributed by atoms with Crippen LogP contribution in [0.4, 0.5) is 0 Å². The average Bonchev–Trinajstić information content (AvgIpc) is 3.98. The van der Waals surface area contributed by atoms with Crippen molar-refractivity contribution in [1.29, 1.82) is 10.5 Å². The van der Waals surface area contributed by atoms with Crippen LogP contribution < -0.4 is 0 Å². The Kier molecular flexibility index (Phi) is 6.72. The number of hydrogen-bond donors (Lipinski definition) is 0. The van der Waals surface area contributed by atoms with Gasteiger partial charge in [0.05, 0.1) is 61.7 Å². The molecule has 0 saturated carbocycles. The van der Waals surface area contributed by atoms with E-state index in [1.54, 1.807) is 0 Å². The predicted octanol–water partition coefficient (Wildman–Crippen LogP) is 12.9. The minimum atomic E-state index is 0.547. The van der Waals surface area contributed by atoms with Crippen molar-refractivity contribution in [2.75, 3.05) is 0 Å². The van der Waals surface area contributed by atoms with Gasteiger partial charge >= 0.3 is 0 Å². The molecule has 0 aliphatic heterocycles. The molecule has 0 spiro atoms. The summed E-state index contributed by atoms with van der Waals surface area (Å²) >= 11 is 0. The highest BCUT2D eigenvalue weighted by Crippen LogP contribution is 2.45. The van der Waals surface area contributed by atoms with E-state index >= 15 is 0 Å². The Morgan fingerprint density at radius 1 is 0.407 bits per heavy atom. The van der Waals surface area contributed by atoms with Crippen molar-refractivity contribution in [3.8, 4) is 34.6 Å². The third-order valence-corrected chi connectivity index (χ3v) is 12.6. The van der Waals surface area contributed by atoms with E-state index in [2.05, 4.69) is 184 Å². The van der Waals surface area contributed by atoms with Gasteiger partial charge in [-0.3, -0.25) is 0 Å². The Balaban J connectivity index is 1.29. The van der Waals surface area contributed by atoms with Crippen LogP contribution in [0.25, 0.3) is 110 Å². The smallest absolute Gasteiger partial charge is 0.101 e. The zero-order chi connectivity index (χ0) is 39.7. The maximum absolute atomic E-state index is 11.4. The van der Waals surface area contributed by atoms with E-state index < -0.39 is 0 Å². The Morgan fingerprint density at radius 3 is 1.34 bits per heavy atom. The van der Waals surface area contributed by atoms with Gasteiger partial charge in [-0.25, -0.2) is 0 Å². The quantitative estimate of drug-likeness (QED) is 0.180. The summed E-state index contributed by atoms with van der Waals surface area (Å²) in [5.74, 6) is 0. The number of aryl methyl sites for hydroxylation is 3. The lowest BCUT2D eigenvalue weighted by Crippen LogP contribution is -2.05. The summed E-state index contributed by atoms with van der Waals surface area (Å²) in [4.78, 5) is 0. The summed E-state index contributed by atoms with van der Waals surface area (Å²) in [6.07, 6.45) is 0. The van der Waals surface area contributed by atoms with E-state index in [1.807, 2.05) is 19.1 Å². The third-order valence-electron chi connectivity index (χ3n) is 12.6. The number of para-hydroxylation sites is 4. The van der Waals surface area contributed by atoms with Crippen LogP contribution in [0.3, 0.4) is 0 Å². The van der Waals surface area contributed by atoms with Crippen LogP contribution in [-0.2, 0) is 14.1 Å². The van der Waals surface area contributed by atoms with Crippen LogP contribution in [0.1, 0.15) is 16.7 Å². The Bertz CT molecular complexity index is 3910. The van der Waals surface area contributed by atoms with E-state index in [-0.39, 0.29) is 0 Å². The molecular weight excluding hydrogens is 721 g/mol. The molecule has 8 aromatic carbocycles. The predicted molar refractivity (Wildman–Crippen MR) is 243 cm³/mol. The fraction of sp³-hybridized carbons (Fsp3) is 0.0566. The van der Waals surface area contributed by atoms with Crippen molar-refractivity contribution in [3.63, 3.8) is 0 Å². The largest absolute Gasteiger partial charge is 0.342 e. The molecule has 12 aromatic rings. The average molecular weight is 755 g/mol. The van der Waals surface area contributed by atoms with E-state index in [4.69, 9.17) is 0 Å². The van der Waals surface area contributed by atoms with Crippen LogP contribution in [0.5, 0.6) is 0 Å². The molecule has 0 amide bonds. The Morgan fingerprint density at radius 2 is 0.847 bits per heavy atom. The number of rotatable bonds is 3. The fourth-order valence-corrected chi connectivity index (χ4v) is 10.2. The number of hydrogen-bond acceptors (Lipinski definition) is 2. The molecule has 276 valence electrons. The van der Waals surface area contributed by atoms with E-state index in [1.165, 1.54) is 16.2 Å². The first-order chi connectivity index (χ1) is 28.9. The van der Waals surface area contributed by atoms with E-state index in [9.17, 15) is 10.5 Å². The molecule has 0 N–H and O–H groups in total.